The number of thiazole rings is 1. The number of aryl methyl sites for hydroxylation is 1. The zero-order chi connectivity index (χ0) is 14.0. The van der Waals surface area contributed by atoms with Gasteiger partial charge in [-0.25, -0.2) is 9.78 Å². The summed E-state index contributed by atoms with van der Waals surface area (Å²) in [6.45, 7) is 2.26. The van der Waals surface area contributed by atoms with Crippen molar-refractivity contribution in [3.05, 3.63) is 33.6 Å². The zero-order valence-corrected chi connectivity index (χ0v) is 11.1. The van der Waals surface area contributed by atoms with Gasteiger partial charge in [-0.15, -0.1) is 11.3 Å². The quantitative estimate of drug-likeness (QED) is 0.910. The van der Waals surface area contributed by atoms with Gasteiger partial charge in [0.25, 0.3) is 5.91 Å². The van der Waals surface area contributed by atoms with Gasteiger partial charge in [0.15, 0.2) is 5.69 Å². The molecule has 0 aliphatic rings. The van der Waals surface area contributed by atoms with Crippen LogP contribution in [-0.2, 0) is 6.54 Å². The zero-order valence-electron chi connectivity index (χ0n) is 10.3. The third-order valence-electron chi connectivity index (χ3n) is 2.51. The minimum atomic E-state index is -1.26. The topological polar surface area (TPSA) is 96.5 Å². The first kappa shape index (κ1) is 13.2. The van der Waals surface area contributed by atoms with E-state index in [2.05, 4.69) is 14.7 Å². The molecule has 100 valence electrons. The number of carboxylic acid groups (broad SMARTS) is 1. The van der Waals surface area contributed by atoms with E-state index in [1.54, 1.807) is 12.6 Å². The molecule has 0 radical (unpaired) electrons. The lowest BCUT2D eigenvalue weighted by Gasteiger charge is -2.14. The minimum Gasteiger partial charge on any atom is -0.475 e. The van der Waals surface area contributed by atoms with E-state index in [-0.39, 0.29) is 11.5 Å². The van der Waals surface area contributed by atoms with Crippen LogP contribution in [0.5, 0.6) is 0 Å². The number of nitrogens with zero attached hydrogens (tertiary/aromatic N) is 3. The van der Waals surface area contributed by atoms with Gasteiger partial charge in [-0.05, 0) is 6.92 Å². The first-order valence-corrected chi connectivity index (χ1v) is 6.21. The Hall–Kier alpha value is -2.22. The van der Waals surface area contributed by atoms with Gasteiger partial charge in [0.2, 0.25) is 5.76 Å². The summed E-state index contributed by atoms with van der Waals surface area (Å²) < 4.78 is 4.55. The Labute approximate surface area is 112 Å². The van der Waals surface area contributed by atoms with E-state index in [1.807, 2.05) is 6.92 Å². The molecule has 0 aliphatic heterocycles. The van der Waals surface area contributed by atoms with E-state index >= 15 is 0 Å². The highest BCUT2D eigenvalue weighted by Crippen LogP contribution is 2.15. The van der Waals surface area contributed by atoms with Gasteiger partial charge in [-0.3, -0.25) is 4.79 Å². The molecule has 1 amide bonds. The normalized spacial score (nSPS) is 10.4. The summed E-state index contributed by atoms with van der Waals surface area (Å²) in [6, 6.07) is 1.11. The van der Waals surface area contributed by atoms with Crippen LogP contribution >= 0.6 is 11.3 Å². The van der Waals surface area contributed by atoms with Crippen LogP contribution in [0, 0.1) is 6.92 Å². The number of hydrogen-bond acceptors (Lipinski definition) is 6. The molecule has 0 aliphatic carbocycles. The van der Waals surface area contributed by atoms with Crippen LogP contribution in [0.4, 0.5) is 0 Å². The Balaban J connectivity index is 2.10. The number of amides is 1. The second-order valence-electron chi connectivity index (χ2n) is 3.90. The maximum absolute atomic E-state index is 12.0. The maximum atomic E-state index is 12.0. The van der Waals surface area contributed by atoms with Gasteiger partial charge in [-0.2, -0.15) is 0 Å². The average molecular weight is 281 g/mol. The first-order valence-electron chi connectivity index (χ1n) is 5.33. The van der Waals surface area contributed by atoms with Crippen molar-refractivity contribution in [1.82, 2.24) is 15.0 Å². The van der Waals surface area contributed by atoms with Crippen molar-refractivity contribution in [3.8, 4) is 0 Å². The van der Waals surface area contributed by atoms with Crippen molar-refractivity contribution in [1.29, 1.82) is 0 Å². The lowest BCUT2D eigenvalue weighted by molar-refractivity contribution is 0.0649. The molecule has 0 saturated heterocycles. The third-order valence-corrected chi connectivity index (χ3v) is 3.43. The van der Waals surface area contributed by atoms with E-state index in [4.69, 9.17) is 5.11 Å². The van der Waals surface area contributed by atoms with Crippen LogP contribution in [0.1, 0.15) is 31.6 Å². The van der Waals surface area contributed by atoms with Gasteiger partial charge in [0.05, 0.1) is 17.7 Å². The number of aromatic nitrogens is 2. The summed E-state index contributed by atoms with van der Waals surface area (Å²) >= 11 is 1.46. The summed E-state index contributed by atoms with van der Waals surface area (Å²) in [5.74, 6) is -2.01. The molecule has 0 unspecified atom stereocenters. The highest BCUT2D eigenvalue weighted by Gasteiger charge is 2.20. The smallest absolute Gasteiger partial charge is 0.374 e. The lowest BCUT2D eigenvalue weighted by Crippen LogP contribution is -2.26. The molecule has 19 heavy (non-hydrogen) atoms. The van der Waals surface area contributed by atoms with Gasteiger partial charge in [0, 0.05) is 18.0 Å². The Morgan fingerprint density at radius 2 is 2.26 bits per heavy atom. The van der Waals surface area contributed by atoms with Crippen LogP contribution < -0.4 is 0 Å². The number of hydrogen-bond donors (Lipinski definition) is 1. The number of rotatable bonds is 4. The molecule has 0 aromatic carbocycles. The molecule has 2 aromatic rings. The second kappa shape index (κ2) is 5.19. The summed E-state index contributed by atoms with van der Waals surface area (Å²) in [7, 11) is 1.61. The molecule has 0 fully saturated rings. The molecule has 8 heteroatoms. The van der Waals surface area contributed by atoms with Crippen LogP contribution in [0.25, 0.3) is 0 Å². The fourth-order valence-electron chi connectivity index (χ4n) is 1.44. The molecule has 0 atom stereocenters. The predicted octanol–water partition coefficient (Wildman–Crippen LogP) is 1.41. The molecular formula is C11H11N3O4S. The fourth-order valence-corrected chi connectivity index (χ4v) is 2.27. The Kier molecular flexibility index (Phi) is 3.61. The van der Waals surface area contributed by atoms with Crippen LogP contribution in [0.2, 0.25) is 0 Å². The molecule has 1 N–H and O–H groups in total. The van der Waals surface area contributed by atoms with Gasteiger partial charge in [0.1, 0.15) is 0 Å². The van der Waals surface area contributed by atoms with Crippen molar-refractivity contribution in [3.63, 3.8) is 0 Å². The third kappa shape index (κ3) is 2.79. The van der Waals surface area contributed by atoms with Gasteiger partial charge >= 0.3 is 5.97 Å². The summed E-state index contributed by atoms with van der Waals surface area (Å²) in [6.07, 6.45) is 0. The highest BCUT2D eigenvalue weighted by atomic mass is 32.1. The number of carbonyl (C=O) groups is 2. The van der Waals surface area contributed by atoms with E-state index in [1.165, 1.54) is 16.2 Å². The Morgan fingerprint density at radius 1 is 1.53 bits per heavy atom. The minimum absolute atomic E-state index is 0.0259. The summed E-state index contributed by atoms with van der Waals surface area (Å²) in [4.78, 5) is 29.2. The molecule has 2 heterocycles. The standard InChI is InChI=1S/C11H11N3O4S/c1-6-9(19-5-12-6)4-14(2)10(15)7-3-8(11(16)17)18-13-7/h3,5H,4H2,1-2H3,(H,16,17). The SMILES string of the molecule is Cc1ncsc1CN(C)C(=O)c1cc(C(=O)O)on1. The Morgan fingerprint density at radius 3 is 2.79 bits per heavy atom. The van der Waals surface area contributed by atoms with Crippen molar-refractivity contribution in [2.75, 3.05) is 7.05 Å². The maximum Gasteiger partial charge on any atom is 0.374 e. The summed E-state index contributed by atoms with van der Waals surface area (Å²) in [5.41, 5.74) is 2.56. The molecule has 0 spiro atoms. The van der Waals surface area contributed by atoms with Crippen LogP contribution in [0.15, 0.2) is 16.1 Å². The van der Waals surface area contributed by atoms with E-state index in [0.29, 0.717) is 6.54 Å². The molecule has 2 aromatic heterocycles. The number of carbonyl (C=O) groups excluding carboxylic acids is 1. The second-order valence-corrected chi connectivity index (χ2v) is 4.84. The van der Waals surface area contributed by atoms with Gasteiger partial charge in [-0.1, -0.05) is 5.16 Å². The van der Waals surface area contributed by atoms with Crippen molar-refractivity contribution in [2.24, 2.45) is 0 Å². The molecule has 0 saturated carbocycles. The van der Waals surface area contributed by atoms with Crippen molar-refractivity contribution < 1.29 is 19.2 Å². The number of carboxylic acids is 1. The highest BCUT2D eigenvalue weighted by molar-refractivity contribution is 7.09. The lowest BCUT2D eigenvalue weighted by atomic mass is 10.3. The largest absolute Gasteiger partial charge is 0.475 e. The van der Waals surface area contributed by atoms with Crippen LogP contribution in [0.3, 0.4) is 0 Å². The van der Waals surface area contributed by atoms with Crippen molar-refractivity contribution in [2.45, 2.75) is 13.5 Å². The monoisotopic (exact) mass is 281 g/mol. The average Bonchev–Trinajstić information content (AvgIpc) is 2.98. The predicted molar refractivity (Wildman–Crippen MR) is 66.1 cm³/mol. The van der Waals surface area contributed by atoms with E-state index < -0.39 is 11.9 Å². The molecule has 0 bridgehead atoms. The Bertz CT molecular complexity index is 619. The molecular weight excluding hydrogens is 270 g/mol. The fraction of sp³-hybridized carbons (Fsp3) is 0.273. The van der Waals surface area contributed by atoms with Gasteiger partial charge < -0.3 is 14.5 Å². The molecule has 7 nitrogen and oxygen atoms in total. The molecule has 2 rings (SSSR count). The summed E-state index contributed by atoms with van der Waals surface area (Å²) in [5, 5.41) is 12.1. The number of aromatic carboxylic acids is 1. The van der Waals surface area contributed by atoms with Crippen molar-refractivity contribution >= 4 is 23.2 Å². The van der Waals surface area contributed by atoms with E-state index in [0.717, 1.165) is 16.6 Å². The van der Waals surface area contributed by atoms with Crippen LogP contribution in [-0.4, -0.2) is 39.1 Å². The first-order chi connectivity index (χ1) is 8.99. The van der Waals surface area contributed by atoms with E-state index in [9.17, 15) is 9.59 Å².